The number of carbonyl (C=O) groups is 2. The first-order chi connectivity index (χ1) is 6.49. The predicted molar refractivity (Wildman–Crippen MR) is 49.9 cm³/mol. The van der Waals surface area contributed by atoms with Gasteiger partial charge in [0, 0.05) is 5.92 Å². The number of nitrogens with two attached hydrogens (primary N) is 2. The SMILES string of the molecule is NC(=O)C(O)(C(N)=O)C1CCCCC1. The molecule has 5 N–H and O–H groups in total. The molecule has 1 rings (SSSR count). The summed E-state index contributed by atoms with van der Waals surface area (Å²) in [6.45, 7) is 0. The average molecular weight is 200 g/mol. The third kappa shape index (κ3) is 1.72. The number of hydrogen-bond donors (Lipinski definition) is 3. The topological polar surface area (TPSA) is 106 Å². The minimum atomic E-state index is -2.15. The Kier molecular flexibility index (Phi) is 3.10. The fraction of sp³-hybridized carbons (Fsp3) is 0.778. The molecule has 0 radical (unpaired) electrons. The molecule has 1 fully saturated rings. The highest BCUT2D eigenvalue weighted by Crippen LogP contribution is 2.32. The summed E-state index contributed by atoms with van der Waals surface area (Å²) in [5.41, 5.74) is 7.87. The number of aliphatic hydroxyl groups is 1. The first-order valence-electron chi connectivity index (χ1n) is 4.81. The van der Waals surface area contributed by atoms with E-state index in [9.17, 15) is 14.7 Å². The Labute approximate surface area is 82.5 Å². The first-order valence-corrected chi connectivity index (χ1v) is 4.81. The molecule has 0 bridgehead atoms. The second kappa shape index (κ2) is 3.96. The van der Waals surface area contributed by atoms with Crippen molar-refractivity contribution in [2.75, 3.05) is 0 Å². The maximum Gasteiger partial charge on any atom is 0.259 e. The lowest BCUT2D eigenvalue weighted by atomic mass is 9.76. The molecule has 5 nitrogen and oxygen atoms in total. The zero-order chi connectivity index (χ0) is 10.8. The minimum Gasteiger partial charge on any atom is -0.371 e. The standard InChI is InChI=1S/C9H16N2O3/c10-7(12)9(14,8(11)13)6-4-2-1-3-5-6/h6,14H,1-5H2,(H2,10,12)(H2,11,13). The molecule has 0 saturated heterocycles. The van der Waals surface area contributed by atoms with E-state index in [4.69, 9.17) is 11.5 Å². The van der Waals surface area contributed by atoms with Crippen LogP contribution in [0.1, 0.15) is 32.1 Å². The second-order valence-corrected chi connectivity index (χ2v) is 3.83. The van der Waals surface area contributed by atoms with Gasteiger partial charge in [0.25, 0.3) is 11.8 Å². The summed E-state index contributed by atoms with van der Waals surface area (Å²) in [6.07, 6.45) is 4.11. The van der Waals surface area contributed by atoms with Crippen LogP contribution in [-0.2, 0) is 9.59 Å². The van der Waals surface area contributed by atoms with Crippen LogP contribution in [0, 0.1) is 5.92 Å². The number of primary amides is 2. The Bertz CT molecular complexity index is 232. The second-order valence-electron chi connectivity index (χ2n) is 3.83. The van der Waals surface area contributed by atoms with Crippen LogP contribution in [-0.4, -0.2) is 22.5 Å². The molecular formula is C9H16N2O3. The van der Waals surface area contributed by atoms with Gasteiger partial charge in [-0.05, 0) is 12.8 Å². The highest BCUT2D eigenvalue weighted by molar-refractivity contribution is 6.07. The van der Waals surface area contributed by atoms with Crippen molar-refractivity contribution in [2.45, 2.75) is 37.7 Å². The summed E-state index contributed by atoms with van der Waals surface area (Å²) in [4.78, 5) is 22.1. The van der Waals surface area contributed by atoms with Gasteiger partial charge in [-0.15, -0.1) is 0 Å². The molecule has 0 heterocycles. The quantitative estimate of drug-likeness (QED) is 0.523. The molecule has 80 valence electrons. The van der Waals surface area contributed by atoms with Crippen LogP contribution in [0.5, 0.6) is 0 Å². The monoisotopic (exact) mass is 200 g/mol. The van der Waals surface area contributed by atoms with Gasteiger partial charge < -0.3 is 16.6 Å². The van der Waals surface area contributed by atoms with Gasteiger partial charge in [0.2, 0.25) is 5.60 Å². The van der Waals surface area contributed by atoms with Crippen molar-refractivity contribution < 1.29 is 14.7 Å². The van der Waals surface area contributed by atoms with Crippen molar-refractivity contribution in [3.63, 3.8) is 0 Å². The minimum absolute atomic E-state index is 0.411. The van der Waals surface area contributed by atoms with Crippen molar-refractivity contribution in [1.82, 2.24) is 0 Å². The van der Waals surface area contributed by atoms with E-state index in [1.807, 2.05) is 0 Å². The summed E-state index contributed by atoms with van der Waals surface area (Å²) in [5.74, 6) is -2.47. The van der Waals surface area contributed by atoms with Crippen LogP contribution < -0.4 is 11.5 Å². The molecular weight excluding hydrogens is 184 g/mol. The maximum absolute atomic E-state index is 11.0. The normalized spacial score (nSPS) is 19.2. The van der Waals surface area contributed by atoms with Gasteiger partial charge in [-0.25, -0.2) is 0 Å². The van der Waals surface area contributed by atoms with Gasteiger partial charge in [0.1, 0.15) is 0 Å². The number of amides is 2. The van der Waals surface area contributed by atoms with E-state index in [1.54, 1.807) is 0 Å². The van der Waals surface area contributed by atoms with Gasteiger partial charge in [0.05, 0.1) is 0 Å². The summed E-state index contributed by atoms with van der Waals surface area (Å²) in [6, 6.07) is 0. The summed E-state index contributed by atoms with van der Waals surface area (Å²) in [5, 5.41) is 9.84. The largest absolute Gasteiger partial charge is 0.371 e. The molecule has 0 spiro atoms. The van der Waals surface area contributed by atoms with Crippen LogP contribution >= 0.6 is 0 Å². The highest BCUT2D eigenvalue weighted by atomic mass is 16.3. The number of carbonyl (C=O) groups excluding carboxylic acids is 2. The first kappa shape index (κ1) is 11.0. The van der Waals surface area contributed by atoms with Crippen LogP contribution in [0.15, 0.2) is 0 Å². The molecule has 0 aromatic rings. The Morgan fingerprint density at radius 3 is 1.86 bits per heavy atom. The Morgan fingerprint density at radius 2 is 1.50 bits per heavy atom. The van der Waals surface area contributed by atoms with E-state index in [-0.39, 0.29) is 0 Å². The number of rotatable bonds is 3. The molecule has 0 atom stereocenters. The van der Waals surface area contributed by atoms with E-state index in [2.05, 4.69) is 0 Å². The van der Waals surface area contributed by atoms with Crippen LogP contribution in [0.25, 0.3) is 0 Å². The fourth-order valence-electron chi connectivity index (χ4n) is 2.04. The van der Waals surface area contributed by atoms with Crippen molar-refractivity contribution in [3.8, 4) is 0 Å². The average Bonchev–Trinajstić information content (AvgIpc) is 2.17. The third-order valence-corrected chi connectivity index (χ3v) is 2.95. The smallest absolute Gasteiger partial charge is 0.259 e. The predicted octanol–water partition coefficient (Wildman–Crippen LogP) is -0.732. The molecule has 1 aliphatic rings. The van der Waals surface area contributed by atoms with Crippen molar-refractivity contribution >= 4 is 11.8 Å². The Morgan fingerprint density at radius 1 is 1.07 bits per heavy atom. The lowest BCUT2D eigenvalue weighted by Crippen LogP contribution is -2.59. The highest BCUT2D eigenvalue weighted by Gasteiger charge is 2.48. The van der Waals surface area contributed by atoms with E-state index in [0.29, 0.717) is 12.8 Å². The van der Waals surface area contributed by atoms with Crippen molar-refractivity contribution in [1.29, 1.82) is 0 Å². The lowest BCUT2D eigenvalue weighted by molar-refractivity contribution is -0.157. The van der Waals surface area contributed by atoms with Crippen molar-refractivity contribution in [2.24, 2.45) is 17.4 Å². The van der Waals surface area contributed by atoms with Crippen LogP contribution in [0.3, 0.4) is 0 Å². The van der Waals surface area contributed by atoms with E-state index < -0.39 is 23.3 Å². The van der Waals surface area contributed by atoms with Gasteiger partial charge in [-0.2, -0.15) is 0 Å². The zero-order valence-corrected chi connectivity index (χ0v) is 8.03. The lowest BCUT2D eigenvalue weighted by Gasteiger charge is -2.33. The summed E-state index contributed by atoms with van der Waals surface area (Å²) >= 11 is 0. The summed E-state index contributed by atoms with van der Waals surface area (Å²) in [7, 11) is 0. The molecule has 0 aromatic heterocycles. The van der Waals surface area contributed by atoms with Crippen molar-refractivity contribution in [3.05, 3.63) is 0 Å². The Hall–Kier alpha value is -1.10. The fourth-order valence-corrected chi connectivity index (χ4v) is 2.04. The van der Waals surface area contributed by atoms with Crippen LogP contribution in [0.2, 0.25) is 0 Å². The molecule has 2 amide bonds. The van der Waals surface area contributed by atoms with Gasteiger partial charge in [-0.1, -0.05) is 19.3 Å². The zero-order valence-electron chi connectivity index (χ0n) is 8.03. The third-order valence-electron chi connectivity index (χ3n) is 2.95. The molecule has 14 heavy (non-hydrogen) atoms. The molecule has 0 aromatic carbocycles. The summed E-state index contributed by atoms with van der Waals surface area (Å²) < 4.78 is 0. The van der Waals surface area contributed by atoms with E-state index in [1.165, 1.54) is 0 Å². The molecule has 5 heteroatoms. The van der Waals surface area contributed by atoms with Gasteiger partial charge in [0.15, 0.2) is 0 Å². The Balaban J connectivity index is 2.86. The van der Waals surface area contributed by atoms with Gasteiger partial charge >= 0.3 is 0 Å². The van der Waals surface area contributed by atoms with E-state index in [0.717, 1.165) is 19.3 Å². The maximum atomic E-state index is 11.0. The molecule has 0 unspecified atom stereocenters. The van der Waals surface area contributed by atoms with Gasteiger partial charge in [-0.3, -0.25) is 9.59 Å². The molecule has 1 saturated carbocycles. The van der Waals surface area contributed by atoms with E-state index >= 15 is 0 Å². The molecule has 1 aliphatic carbocycles. The number of hydrogen-bond acceptors (Lipinski definition) is 3. The molecule has 0 aliphatic heterocycles. The van der Waals surface area contributed by atoms with Crippen LogP contribution in [0.4, 0.5) is 0 Å².